The van der Waals surface area contributed by atoms with E-state index in [0.29, 0.717) is 0 Å². The molecule has 4 rings (SSSR count). The summed E-state index contributed by atoms with van der Waals surface area (Å²) in [5.74, 6) is 0.0400. The van der Waals surface area contributed by atoms with Gasteiger partial charge in [-0.25, -0.2) is 0 Å². The fraction of sp³-hybridized carbons (Fsp3) is 0.571. The highest BCUT2D eigenvalue weighted by molar-refractivity contribution is 6.08. The molecule has 0 spiro atoms. The Balaban J connectivity index is 1.53. The number of hydrogen-bond donors (Lipinski definition) is 2. The first-order valence-electron chi connectivity index (χ1n) is 9.88. The SMILES string of the molecule is Cc1[nH]c2ccccc2c1C(=O)NCC1(N2CCOCC2)CCCCC1. The fourth-order valence-electron chi connectivity index (χ4n) is 4.75. The average Bonchev–Trinajstić information content (AvgIpc) is 3.03. The van der Waals surface area contributed by atoms with E-state index in [0.717, 1.165) is 55.0 Å². The normalized spacial score (nSPS) is 21.0. The van der Waals surface area contributed by atoms with Crippen molar-refractivity contribution >= 4 is 16.8 Å². The van der Waals surface area contributed by atoms with Gasteiger partial charge in [-0.1, -0.05) is 37.5 Å². The first-order valence-corrected chi connectivity index (χ1v) is 9.88. The molecule has 1 amide bonds. The molecule has 5 heteroatoms. The van der Waals surface area contributed by atoms with Gasteiger partial charge in [0.15, 0.2) is 0 Å². The molecule has 140 valence electrons. The zero-order valence-electron chi connectivity index (χ0n) is 15.6. The van der Waals surface area contributed by atoms with Gasteiger partial charge in [-0.15, -0.1) is 0 Å². The number of benzene rings is 1. The zero-order chi connectivity index (χ0) is 18.0. The van der Waals surface area contributed by atoms with Crippen molar-refractivity contribution in [2.75, 3.05) is 32.8 Å². The van der Waals surface area contributed by atoms with Crippen LogP contribution in [-0.4, -0.2) is 54.2 Å². The van der Waals surface area contributed by atoms with Crippen LogP contribution in [0.2, 0.25) is 0 Å². The minimum absolute atomic E-state index is 0.0400. The predicted octanol–water partition coefficient (Wildman–Crippen LogP) is 3.24. The van der Waals surface area contributed by atoms with Crippen molar-refractivity contribution in [2.45, 2.75) is 44.6 Å². The van der Waals surface area contributed by atoms with Crippen LogP contribution in [0, 0.1) is 6.92 Å². The van der Waals surface area contributed by atoms with Crippen LogP contribution in [0.5, 0.6) is 0 Å². The average molecular weight is 355 g/mol. The molecule has 5 nitrogen and oxygen atoms in total. The number of ether oxygens (including phenoxy) is 1. The molecule has 2 fully saturated rings. The molecular weight excluding hydrogens is 326 g/mol. The van der Waals surface area contributed by atoms with Crippen LogP contribution >= 0.6 is 0 Å². The van der Waals surface area contributed by atoms with Crippen molar-refractivity contribution in [3.05, 3.63) is 35.5 Å². The van der Waals surface area contributed by atoms with Gasteiger partial charge in [0.1, 0.15) is 0 Å². The van der Waals surface area contributed by atoms with Crippen molar-refractivity contribution in [3.63, 3.8) is 0 Å². The second-order valence-electron chi connectivity index (χ2n) is 7.74. The number of amides is 1. The number of carbonyl (C=O) groups is 1. The standard InChI is InChI=1S/C21H29N3O2/c1-16-19(17-7-3-4-8-18(17)23-16)20(25)22-15-21(9-5-2-6-10-21)24-11-13-26-14-12-24/h3-4,7-8,23H,2,5-6,9-15H2,1H3,(H,22,25). The summed E-state index contributed by atoms with van der Waals surface area (Å²) in [6.45, 7) is 6.26. The number of aromatic amines is 1. The van der Waals surface area contributed by atoms with E-state index in [1.54, 1.807) is 0 Å². The predicted molar refractivity (Wildman–Crippen MR) is 104 cm³/mol. The molecule has 1 saturated carbocycles. The van der Waals surface area contributed by atoms with Crippen molar-refractivity contribution in [1.29, 1.82) is 0 Å². The van der Waals surface area contributed by atoms with Crippen molar-refractivity contribution in [2.24, 2.45) is 0 Å². The number of nitrogens with zero attached hydrogens (tertiary/aromatic N) is 1. The maximum Gasteiger partial charge on any atom is 0.253 e. The summed E-state index contributed by atoms with van der Waals surface area (Å²) in [6, 6.07) is 8.03. The highest BCUT2D eigenvalue weighted by Crippen LogP contribution is 2.34. The van der Waals surface area contributed by atoms with Gasteiger partial charge in [0.2, 0.25) is 0 Å². The van der Waals surface area contributed by atoms with Crippen molar-refractivity contribution in [1.82, 2.24) is 15.2 Å². The number of carbonyl (C=O) groups excluding carboxylic acids is 1. The second kappa shape index (κ2) is 7.41. The molecule has 0 radical (unpaired) electrons. The third-order valence-corrected chi connectivity index (χ3v) is 6.16. The molecule has 1 aliphatic heterocycles. The Labute approximate surface area is 155 Å². The molecule has 0 unspecified atom stereocenters. The lowest BCUT2D eigenvalue weighted by Gasteiger charge is -2.48. The molecular formula is C21H29N3O2. The van der Waals surface area contributed by atoms with Crippen LogP contribution in [-0.2, 0) is 4.74 Å². The third kappa shape index (κ3) is 3.26. The summed E-state index contributed by atoms with van der Waals surface area (Å²) < 4.78 is 5.55. The number of fused-ring (bicyclic) bond motifs is 1. The van der Waals surface area contributed by atoms with Gasteiger partial charge in [-0.05, 0) is 25.8 Å². The molecule has 0 bridgehead atoms. The van der Waals surface area contributed by atoms with Crippen LogP contribution in [0.15, 0.2) is 24.3 Å². The number of hydrogen-bond acceptors (Lipinski definition) is 3. The van der Waals surface area contributed by atoms with Crippen LogP contribution in [0.4, 0.5) is 0 Å². The number of H-pyrrole nitrogens is 1. The topological polar surface area (TPSA) is 57.4 Å². The van der Waals surface area contributed by atoms with E-state index in [1.165, 1.54) is 32.1 Å². The highest BCUT2D eigenvalue weighted by atomic mass is 16.5. The second-order valence-corrected chi connectivity index (χ2v) is 7.74. The lowest BCUT2D eigenvalue weighted by Crippen LogP contribution is -2.59. The Morgan fingerprint density at radius 1 is 1.19 bits per heavy atom. The van der Waals surface area contributed by atoms with E-state index < -0.39 is 0 Å². The number of nitrogens with one attached hydrogen (secondary N) is 2. The van der Waals surface area contributed by atoms with Gasteiger partial charge < -0.3 is 15.0 Å². The number of para-hydroxylation sites is 1. The lowest BCUT2D eigenvalue weighted by atomic mass is 9.79. The maximum atomic E-state index is 13.0. The van der Waals surface area contributed by atoms with Gasteiger partial charge in [-0.2, -0.15) is 0 Å². The van der Waals surface area contributed by atoms with Gasteiger partial charge >= 0.3 is 0 Å². The molecule has 2 N–H and O–H groups in total. The van der Waals surface area contributed by atoms with E-state index in [-0.39, 0.29) is 11.4 Å². The molecule has 26 heavy (non-hydrogen) atoms. The van der Waals surface area contributed by atoms with E-state index in [1.807, 2.05) is 31.2 Å². The summed E-state index contributed by atoms with van der Waals surface area (Å²) in [7, 11) is 0. The maximum absolute atomic E-state index is 13.0. The quantitative estimate of drug-likeness (QED) is 0.885. The number of rotatable bonds is 4. The zero-order valence-corrected chi connectivity index (χ0v) is 15.6. The van der Waals surface area contributed by atoms with Crippen molar-refractivity contribution in [3.8, 4) is 0 Å². The first kappa shape index (κ1) is 17.6. The molecule has 1 aromatic heterocycles. The van der Waals surface area contributed by atoms with Crippen LogP contribution in [0.3, 0.4) is 0 Å². The van der Waals surface area contributed by atoms with Crippen LogP contribution in [0.1, 0.15) is 48.2 Å². The Morgan fingerprint density at radius 3 is 2.69 bits per heavy atom. The summed E-state index contributed by atoms with van der Waals surface area (Å²) in [4.78, 5) is 18.9. The monoisotopic (exact) mass is 355 g/mol. The molecule has 1 aromatic carbocycles. The van der Waals surface area contributed by atoms with E-state index >= 15 is 0 Å². The minimum Gasteiger partial charge on any atom is -0.379 e. The summed E-state index contributed by atoms with van der Waals surface area (Å²) in [5, 5.41) is 4.29. The summed E-state index contributed by atoms with van der Waals surface area (Å²) >= 11 is 0. The first-order chi connectivity index (χ1) is 12.7. The highest BCUT2D eigenvalue weighted by Gasteiger charge is 2.39. The molecule has 1 aliphatic carbocycles. The largest absolute Gasteiger partial charge is 0.379 e. The Hall–Kier alpha value is -1.85. The van der Waals surface area contributed by atoms with Gasteiger partial charge in [0.25, 0.3) is 5.91 Å². The molecule has 2 heterocycles. The Kier molecular flexibility index (Phi) is 5.00. The molecule has 0 atom stereocenters. The summed E-state index contributed by atoms with van der Waals surface area (Å²) in [5.41, 5.74) is 2.84. The molecule has 1 saturated heterocycles. The van der Waals surface area contributed by atoms with E-state index in [2.05, 4.69) is 15.2 Å². The molecule has 2 aromatic rings. The Morgan fingerprint density at radius 2 is 1.92 bits per heavy atom. The lowest BCUT2D eigenvalue weighted by molar-refractivity contribution is -0.0361. The van der Waals surface area contributed by atoms with E-state index in [4.69, 9.17) is 4.74 Å². The van der Waals surface area contributed by atoms with Crippen LogP contribution < -0.4 is 5.32 Å². The smallest absolute Gasteiger partial charge is 0.253 e. The molecule has 2 aliphatic rings. The Bertz CT molecular complexity index is 771. The van der Waals surface area contributed by atoms with Crippen LogP contribution in [0.25, 0.3) is 10.9 Å². The number of aromatic nitrogens is 1. The summed E-state index contributed by atoms with van der Waals surface area (Å²) in [6.07, 6.45) is 6.14. The van der Waals surface area contributed by atoms with Gasteiger partial charge in [0.05, 0.1) is 18.8 Å². The van der Waals surface area contributed by atoms with Crippen molar-refractivity contribution < 1.29 is 9.53 Å². The number of morpholine rings is 1. The third-order valence-electron chi connectivity index (χ3n) is 6.16. The minimum atomic E-state index is 0.0400. The van der Waals surface area contributed by atoms with Gasteiger partial charge in [-0.3, -0.25) is 9.69 Å². The number of aryl methyl sites for hydroxylation is 1. The van der Waals surface area contributed by atoms with E-state index in [9.17, 15) is 4.79 Å². The fourth-order valence-corrected chi connectivity index (χ4v) is 4.75. The van der Waals surface area contributed by atoms with Gasteiger partial charge in [0, 0.05) is 41.8 Å².